The van der Waals surface area contributed by atoms with E-state index < -0.39 is 11.9 Å². The van der Waals surface area contributed by atoms with Gasteiger partial charge < -0.3 is 5.11 Å². The number of nitrogens with zero attached hydrogens (tertiary/aromatic N) is 2. The molecule has 0 spiro atoms. The van der Waals surface area contributed by atoms with Crippen molar-refractivity contribution in [1.29, 1.82) is 0 Å². The molecule has 0 aliphatic heterocycles. The Kier molecular flexibility index (Phi) is 3.16. The van der Waals surface area contributed by atoms with Crippen LogP contribution in [-0.2, 0) is 18.3 Å². The van der Waals surface area contributed by atoms with Crippen LogP contribution in [0.4, 0.5) is 0 Å². The molecular weight excluding hydrogens is 204 g/mol. The predicted octanol–water partition coefficient (Wildman–Crippen LogP) is 1.65. The van der Waals surface area contributed by atoms with Gasteiger partial charge in [0.1, 0.15) is 0 Å². The van der Waals surface area contributed by atoms with Crippen molar-refractivity contribution < 1.29 is 9.90 Å². The van der Waals surface area contributed by atoms with E-state index in [0.29, 0.717) is 11.4 Å². The van der Waals surface area contributed by atoms with Gasteiger partial charge in [0.05, 0.1) is 22.3 Å². The van der Waals surface area contributed by atoms with E-state index in [0.717, 1.165) is 11.4 Å². The van der Waals surface area contributed by atoms with Crippen LogP contribution in [0.3, 0.4) is 0 Å². The average Bonchev–Trinajstić information content (AvgIpc) is 2.32. The van der Waals surface area contributed by atoms with Gasteiger partial charge in [0.2, 0.25) is 0 Å². The van der Waals surface area contributed by atoms with E-state index in [9.17, 15) is 4.79 Å². The SMILES string of the molecule is Cc1nn(C)c(CC(C)C(=O)O)c1Cl. The molecule has 0 fully saturated rings. The van der Waals surface area contributed by atoms with Gasteiger partial charge in [-0.3, -0.25) is 9.48 Å². The monoisotopic (exact) mass is 216 g/mol. The first kappa shape index (κ1) is 11.0. The van der Waals surface area contributed by atoms with Gasteiger partial charge in [-0.2, -0.15) is 5.10 Å². The molecule has 0 saturated carbocycles. The van der Waals surface area contributed by atoms with Gasteiger partial charge in [-0.1, -0.05) is 18.5 Å². The summed E-state index contributed by atoms with van der Waals surface area (Å²) in [6, 6.07) is 0. The summed E-state index contributed by atoms with van der Waals surface area (Å²) in [5.74, 6) is -1.26. The van der Waals surface area contributed by atoms with E-state index in [-0.39, 0.29) is 0 Å². The minimum absolute atomic E-state index is 0.408. The maximum absolute atomic E-state index is 10.7. The highest BCUT2D eigenvalue weighted by molar-refractivity contribution is 6.31. The Hall–Kier alpha value is -1.03. The number of carboxylic acid groups (broad SMARTS) is 1. The lowest BCUT2D eigenvalue weighted by molar-refractivity contribution is -0.141. The molecule has 0 aromatic carbocycles. The molecule has 1 heterocycles. The van der Waals surface area contributed by atoms with Crippen LogP contribution in [0.25, 0.3) is 0 Å². The van der Waals surface area contributed by atoms with Crippen LogP contribution in [0.15, 0.2) is 0 Å². The zero-order valence-corrected chi connectivity index (χ0v) is 9.17. The number of aliphatic carboxylic acids is 1. The van der Waals surface area contributed by atoms with Crippen LogP contribution >= 0.6 is 11.6 Å². The molecule has 0 aliphatic rings. The molecular formula is C9H13ClN2O2. The second-order valence-corrected chi connectivity index (χ2v) is 3.79. The van der Waals surface area contributed by atoms with E-state index in [1.54, 1.807) is 25.6 Å². The van der Waals surface area contributed by atoms with Crippen LogP contribution in [0.1, 0.15) is 18.3 Å². The quantitative estimate of drug-likeness (QED) is 0.836. The second kappa shape index (κ2) is 4.00. The summed E-state index contributed by atoms with van der Waals surface area (Å²) in [7, 11) is 1.77. The fourth-order valence-corrected chi connectivity index (χ4v) is 1.52. The van der Waals surface area contributed by atoms with Gasteiger partial charge >= 0.3 is 5.97 Å². The number of carbonyl (C=O) groups is 1. The Morgan fingerprint density at radius 2 is 2.29 bits per heavy atom. The standard InChI is InChI=1S/C9H13ClN2O2/c1-5(9(13)14)4-7-8(10)6(2)11-12(7)3/h5H,4H2,1-3H3,(H,13,14). The molecule has 1 N–H and O–H groups in total. The maximum atomic E-state index is 10.7. The highest BCUT2D eigenvalue weighted by Gasteiger charge is 2.18. The fraction of sp³-hybridized carbons (Fsp3) is 0.556. The Bertz CT molecular complexity index is 360. The molecule has 5 heteroatoms. The molecule has 1 unspecified atom stereocenters. The molecule has 1 aromatic heterocycles. The number of aromatic nitrogens is 2. The smallest absolute Gasteiger partial charge is 0.306 e. The van der Waals surface area contributed by atoms with Crippen LogP contribution in [-0.4, -0.2) is 20.9 Å². The summed E-state index contributed by atoms with van der Waals surface area (Å²) in [6.45, 7) is 3.46. The minimum atomic E-state index is -0.820. The largest absolute Gasteiger partial charge is 0.481 e. The zero-order chi connectivity index (χ0) is 10.9. The summed E-state index contributed by atoms with van der Waals surface area (Å²) < 4.78 is 1.64. The topological polar surface area (TPSA) is 55.1 Å². The second-order valence-electron chi connectivity index (χ2n) is 3.41. The first-order chi connectivity index (χ1) is 6.43. The van der Waals surface area contributed by atoms with E-state index >= 15 is 0 Å². The van der Waals surface area contributed by atoms with Gasteiger partial charge in [0, 0.05) is 13.5 Å². The van der Waals surface area contributed by atoms with Crippen molar-refractivity contribution in [3.8, 4) is 0 Å². The van der Waals surface area contributed by atoms with Crippen molar-refractivity contribution in [3.63, 3.8) is 0 Å². The molecule has 1 rings (SSSR count). The number of hydrogen-bond donors (Lipinski definition) is 1. The first-order valence-electron chi connectivity index (χ1n) is 4.34. The lowest BCUT2D eigenvalue weighted by Gasteiger charge is -2.06. The highest BCUT2D eigenvalue weighted by Crippen LogP contribution is 2.22. The Morgan fingerprint density at radius 1 is 1.71 bits per heavy atom. The maximum Gasteiger partial charge on any atom is 0.306 e. The molecule has 0 radical (unpaired) electrons. The third-order valence-corrected chi connectivity index (χ3v) is 2.67. The van der Waals surface area contributed by atoms with Crippen molar-refractivity contribution >= 4 is 17.6 Å². The van der Waals surface area contributed by atoms with Crippen molar-refractivity contribution in [2.75, 3.05) is 0 Å². The highest BCUT2D eigenvalue weighted by atomic mass is 35.5. The lowest BCUT2D eigenvalue weighted by Crippen LogP contribution is -2.14. The van der Waals surface area contributed by atoms with Gasteiger partial charge in [0.15, 0.2) is 0 Å². The summed E-state index contributed by atoms with van der Waals surface area (Å²) in [5, 5.41) is 13.4. The zero-order valence-electron chi connectivity index (χ0n) is 8.41. The average molecular weight is 217 g/mol. The van der Waals surface area contributed by atoms with E-state index in [4.69, 9.17) is 16.7 Å². The third-order valence-electron chi connectivity index (χ3n) is 2.18. The van der Waals surface area contributed by atoms with Gasteiger partial charge in [-0.15, -0.1) is 0 Å². The number of aryl methyl sites for hydroxylation is 2. The van der Waals surface area contributed by atoms with Gasteiger partial charge in [-0.05, 0) is 6.92 Å². The van der Waals surface area contributed by atoms with Crippen molar-refractivity contribution in [2.45, 2.75) is 20.3 Å². The number of carboxylic acids is 1. The van der Waals surface area contributed by atoms with Crippen LogP contribution in [0.2, 0.25) is 5.02 Å². The molecule has 14 heavy (non-hydrogen) atoms. The van der Waals surface area contributed by atoms with Crippen molar-refractivity contribution in [3.05, 3.63) is 16.4 Å². The number of halogens is 1. The van der Waals surface area contributed by atoms with E-state index in [1.165, 1.54) is 0 Å². The molecule has 0 bridgehead atoms. The summed E-state index contributed by atoms with van der Waals surface area (Å²) in [4.78, 5) is 10.7. The van der Waals surface area contributed by atoms with Gasteiger partial charge in [0.25, 0.3) is 0 Å². The number of rotatable bonds is 3. The number of hydrogen-bond acceptors (Lipinski definition) is 2. The normalized spacial score (nSPS) is 12.9. The summed E-state index contributed by atoms with van der Waals surface area (Å²) in [5.41, 5.74) is 1.51. The van der Waals surface area contributed by atoms with Gasteiger partial charge in [-0.25, -0.2) is 0 Å². The predicted molar refractivity (Wildman–Crippen MR) is 53.5 cm³/mol. The summed E-state index contributed by atoms with van der Waals surface area (Å²) in [6.07, 6.45) is 0.408. The molecule has 1 aromatic rings. The molecule has 0 aliphatic carbocycles. The Balaban J connectivity index is 2.91. The lowest BCUT2D eigenvalue weighted by atomic mass is 10.1. The minimum Gasteiger partial charge on any atom is -0.481 e. The van der Waals surface area contributed by atoms with E-state index in [1.807, 2.05) is 0 Å². The molecule has 0 amide bonds. The van der Waals surface area contributed by atoms with E-state index in [2.05, 4.69) is 5.10 Å². The summed E-state index contributed by atoms with van der Waals surface area (Å²) >= 11 is 5.99. The third kappa shape index (κ3) is 2.07. The Labute approximate surface area is 87.5 Å². The van der Waals surface area contributed by atoms with Crippen molar-refractivity contribution in [2.24, 2.45) is 13.0 Å². The molecule has 1 atom stereocenters. The fourth-order valence-electron chi connectivity index (χ4n) is 1.28. The van der Waals surface area contributed by atoms with Crippen LogP contribution in [0, 0.1) is 12.8 Å². The van der Waals surface area contributed by atoms with Crippen molar-refractivity contribution in [1.82, 2.24) is 9.78 Å². The molecule has 78 valence electrons. The first-order valence-corrected chi connectivity index (χ1v) is 4.72. The molecule has 4 nitrogen and oxygen atoms in total. The Morgan fingerprint density at radius 3 is 2.64 bits per heavy atom. The van der Waals surface area contributed by atoms with Crippen LogP contribution < -0.4 is 0 Å². The van der Waals surface area contributed by atoms with Crippen LogP contribution in [0.5, 0.6) is 0 Å². The molecule has 0 saturated heterocycles.